The molecule has 1 amide bonds. The second-order valence-corrected chi connectivity index (χ2v) is 6.60. The molecule has 5 nitrogen and oxygen atoms in total. The van der Waals surface area contributed by atoms with Crippen molar-refractivity contribution in [3.63, 3.8) is 0 Å². The molecule has 0 spiro atoms. The second kappa shape index (κ2) is 8.45. The zero-order valence-corrected chi connectivity index (χ0v) is 15.2. The summed E-state index contributed by atoms with van der Waals surface area (Å²) < 4.78 is 32.0. The highest BCUT2D eigenvalue weighted by Gasteiger charge is 2.21. The second-order valence-electron chi connectivity index (χ2n) is 6.60. The summed E-state index contributed by atoms with van der Waals surface area (Å²) in [6, 6.07) is 9.90. The van der Waals surface area contributed by atoms with E-state index >= 15 is 0 Å². The van der Waals surface area contributed by atoms with E-state index in [-0.39, 0.29) is 12.3 Å². The van der Waals surface area contributed by atoms with Gasteiger partial charge in [0, 0.05) is 37.6 Å². The lowest BCUT2D eigenvalue weighted by Crippen LogP contribution is -2.43. The molecule has 1 fully saturated rings. The number of hydrogen-bond donors (Lipinski definition) is 1. The first-order valence-corrected chi connectivity index (χ1v) is 8.85. The van der Waals surface area contributed by atoms with E-state index < -0.39 is 17.7 Å². The highest BCUT2D eigenvalue weighted by Crippen LogP contribution is 2.22. The van der Waals surface area contributed by atoms with Gasteiger partial charge >= 0.3 is 0 Å². The van der Waals surface area contributed by atoms with Crippen molar-refractivity contribution >= 4 is 17.3 Å². The van der Waals surface area contributed by atoms with Crippen LogP contribution < -0.4 is 15.5 Å². The molecule has 1 aliphatic rings. The van der Waals surface area contributed by atoms with Gasteiger partial charge in [0.15, 0.2) is 0 Å². The monoisotopic (exact) mass is 375 g/mol. The maximum atomic E-state index is 13.3. The molecule has 0 aromatic heterocycles. The summed E-state index contributed by atoms with van der Waals surface area (Å²) in [5, 5.41) is 0. The van der Waals surface area contributed by atoms with Crippen LogP contribution in [0.1, 0.15) is 5.56 Å². The van der Waals surface area contributed by atoms with Crippen LogP contribution in [-0.4, -0.2) is 45.3 Å². The number of halogens is 2. The number of nitrogens with two attached hydrogens (primary N) is 1. The molecule has 0 aliphatic carbocycles. The third kappa shape index (κ3) is 4.81. The Bertz CT molecular complexity index is 772. The molecule has 0 unspecified atom stereocenters. The smallest absolute Gasteiger partial charge is 0.243 e. The van der Waals surface area contributed by atoms with Gasteiger partial charge in [0.1, 0.15) is 11.6 Å². The number of benzene rings is 2. The van der Waals surface area contributed by atoms with Crippen molar-refractivity contribution in [3.05, 3.63) is 59.7 Å². The van der Waals surface area contributed by atoms with Crippen molar-refractivity contribution in [2.75, 3.05) is 43.2 Å². The van der Waals surface area contributed by atoms with Crippen LogP contribution in [0.3, 0.4) is 0 Å². The number of carbonyl (C=O) groups is 1. The van der Waals surface area contributed by atoms with Crippen molar-refractivity contribution < 1.29 is 18.3 Å². The minimum atomic E-state index is -0.893. The van der Waals surface area contributed by atoms with Gasteiger partial charge in [-0.2, -0.15) is 0 Å². The fraction of sp³-hybridized carbons (Fsp3) is 0.350. The van der Waals surface area contributed by atoms with Crippen LogP contribution in [0.4, 0.5) is 20.2 Å². The molecule has 1 atom stereocenters. The van der Waals surface area contributed by atoms with Crippen LogP contribution in [0.5, 0.6) is 0 Å². The van der Waals surface area contributed by atoms with Gasteiger partial charge in [-0.25, -0.2) is 8.78 Å². The van der Waals surface area contributed by atoms with Gasteiger partial charge < -0.3 is 20.3 Å². The summed E-state index contributed by atoms with van der Waals surface area (Å²) in [4.78, 5) is 16.3. The van der Waals surface area contributed by atoms with Gasteiger partial charge in [-0.3, -0.25) is 4.79 Å². The van der Waals surface area contributed by atoms with E-state index in [9.17, 15) is 13.6 Å². The van der Waals surface area contributed by atoms with Gasteiger partial charge in [0.05, 0.1) is 19.3 Å². The lowest BCUT2D eigenvalue weighted by molar-refractivity contribution is -0.119. The summed E-state index contributed by atoms with van der Waals surface area (Å²) in [6.07, 6.45) is 0.0592. The number of rotatable bonds is 5. The number of anilines is 2. The van der Waals surface area contributed by atoms with Crippen LogP contribution in [0.25, 0.3) is 0 Å². The molecule has 1 heterocycles. The van der Waals surface area contributed by atoms with E-state index in [0.717, 1.165) is 24.8 Å². The van der Waals surface area contributed by atoms with E-state index in [1.165, 1.54) is 17.0 Å². The fourth-order valence-electron chi connectivity index (χ4n) is 3.15. The summed E-state index contributed by atoms with van der Waals surface area (Å²) >= 11 is 0. The van der Waals surface area contributed by atoms with Crippen LogP contribution in [0, 0.1) is 11.6 Å². The molecule has 3 rings (SSSR count). The zero-order valence-electron chi connectivity index (χ0n) is 15.2. The Morgan fingerprint density at radius 3 is 2.33 bits per heavy atom. The van der Waals surface area contributed by atoms with E-state index in [0.29, 0.717) is 24.5 Å². The predicted octanol–water partition coefficient (Wildman–Crippen LogP) is 2.33. The quantitative estimate of drug-likeness (QED) is 0.872. The lowest BCUT2D eigenvalue weighted by atomic mass is 10.0. The number of ether oxygens (including phenoxy) is 1. The predicted molar refractivity (Wildman–Crippen MR) is 101 cm³/mol. The molecule has 1 aliphatic heterocycles. The molecule has 27 heavy (non-hydrogen) atoms. The maximum Gasteiger partial charge on any atom is 0.243 e. The third-order valence-corrected chi connectivity index (χ3v) is 4.64. The Labute approximate surface area is 157 Å². The highest BCUT2D eigenvalue weighted by molar-refractivity contribution is 5.96. The number of hydrogen-bond acceptors (Lipinski definition) is 4. The Morgan fingerprint density at radius 2 is 1.74 bits per heavy atom. The SMILES string of the molecule is CN(C(=O)[C@@H](N)Cc1cc(F)cc(F)c1)c1ccc(N2CCOCC2)cc1. The average Bonchev–Trinajstić information content (AvgIpc) is 2.67. The number of carbonyl (C=O) groups excluding carboxylic acids is 1. The Hall–Kier alpha value is -2.51. The first-order valence-electron chi connectivity index (χ1n) is 8.85. The lowest BCUT2D eigenvalue weighted by Gasteiger charge is -2.29. The molecular formula is C20H23F2N3O2. The largest absolute Gasteiger partial charge is 0.378 e. The van der Waals surface area contributed by atoms with Crippen molar-refractivity contribution in [2.24, 2.45) is 5.73 Å². The van der Waals surface area contributed by atoms with Crippen molar-refractivity contribution in [2.45, 2.75) is 12.5 Å². The molecule has 7 heteroatoms. The Kier molecular flexibility index (Phi) is 6.03. The molecule has 2 N–H and O–H groups in total. The number of amides is 1. The molecule has 0 bridgehead atoms. The van der Waals surface area contributed by atoms with Gasteiger partial charge in [0.2, 0.25) is 5.91 Å². The summed E-state index contributed by atoms with van der Waals surface area (Å²) in [5.74, 6) is -1.69. The van der Waals surface area contributed by atoms with Crippen molar-refractivity contribution in [3.8, 4) is 0 Å². The van der Waals surface area contributed by atoms with E-state index in [1.54, 1.807) is 7.05 Å². The van der Waals surface area contributed by atoms with Gasteiger partial charge in [-0.05, 0) is 48.4 Å². The maximum absolute atomic E-state index is 13.3. The van der Waals surface area contributed by atoms with Crippen LogP contribution >= 0.6 is 0 Å². The molecule has 2 aromatic carbocycles. The van der Waals surface area contributed by atoms with Crippen LogP contribution in [0.2, 0.25) is 0 Å². The zero-order chi connectivity index (χ0) is 19.4. The summed E-state index contributed by atoms with van der Waals surface area (Å²) in [6.45, 7) is 3.08. The van der Waals surface area contributed by atoms with Gasteiger partial charge in [-0.15, -0.1) is 0 Å². The molecule has 0 radical (unpaired) electrons. The van der Waals surface area contributed by atoms with E-state index in [1.807, 2.05) is 24.3 Å². The van der Waals surface area contributed by atoms with Crippen molar-refractivity contribution in [1.29, 1.82) is 0 Å². The molecule has 144 valence electrons. The normalized spacial score (nSPS) is 15.5. The summed E-state index contributed by atoms with van der Waals surface area (Å²) in [5.41, 5.74) is 8.11. The van der Waals surface area contributed by atoms with E-state index in [4.69, 9.17) is 10.5 Å². The van der Waals surface area contributed by atoms with E-state index in [2.05, 4.69) is 4.90 Å². The standard InChI is InChI=1S/C20H23F2N3O2/c1-24(17-2-4-18(5-3-17)25-6-8-27-9-7-25)20(26)19(23)12-14-10-15(21)13-16(22)11-14/h2-5,10-11,13,19H,6-9,12,23H2,1H3/t19-/m0/s1. The minimum Gasteiger partial charge on any atom is -0.378 e. The molecular weight excluding hydrogens is 352 g/mol. The molecule has 2 aromatic rings. The van der Waals surface area contributed by atoms with Gasteiger partial charge in [-0.1, -0.05) is 0 Å². The first kappa shape index (κ1) is 19.3. The third-order valence-electron chi connectivity index (χ3n) is 4.64. The Balaban J connectivity index is 1.65. The number of nitrogens with zero attached hydrogens (tertiary/aromatic N) is 2. The molecule has 1 saturated heterocycles. The first-order chi connectivity index (χ1) is 12.9. The average molecular weight is 375 g/mol. The topological polar surface area (TPSA) is 58.8 Å². The Morgan fingerprint density at radius 1 is 1.15 bits per heavy atom. The van der Waals surface area contributed by atoms with Gasteiger partial charge in [0.25, 0.3) is 0 Å². The highest BCUT2D eigenvalue weighted by atomic mass is 19.1. The molecule has 0 saturated carbocycles. The van der Waals surface area contributed by atoms with Crippen LogP contribution in [0.15, 0.2) is 42.5 Å². The summed E-state index contributed by atoms with van der Waals surface area (Å²) in [7, 11) is 1.64. The number of morpholine rings is 1. The van der Waals surface area contributed by atoms with Crippen molar-refractivity contribution in [1.82, 2.24) is 0 Å². The van der Waals surface area contributed by atoms with Crippen LogP contribution in [-0.2, 0) is 16.0 Å². The fourth-order valence-corrected chi connectivity index (χ4v) is 3.15. The number of likely N-dealkylation sites (N-methyl/N-ethyl adjacent to an activating group) is 1. The minimum absolute atomic E-state index is 0.0592.